The molecule has 0 aromatic carbocycles. The Labute approximate surface area is 107 Å². The number of pyridine rings is 1. The SMILES string of the molecule is COC[C@@H](C)CN(C)c1ccc([N+](=O)[O-])c(C)n1. The van der Waals surface area contributed by atoms with Crippen molar-refractivity contribution >= 4 is 11.5 Å². The van der Waals surface area contributed by atoms with Gasteiger partial charge in [0.2, 0.25) is 0 Å². The molecular formula is C12H19N3O3. The molecule has 1 heterocycles. The summed E-state index contributed by atoms with van der Waals surface area (Å²) in [5.74, 6) is 1.11. The molecule has 0 radical (unpaired) electrons. The number of aromatic nitrogens is 1. The summed E-state index contributed by atoms with van der Waals surface area (Å²) in [4.78, 5) is 16.5. The number of hydrogen-bond donors (Lipinski definition) is 0. The van der Waals surface area contributed by atoms with Crippen LogP contribution >= 0.6 is 0 Å². The van der Waals surface area contributed by atoms with Crippen molar-refractivity contribution in [1.82, 2.24) is 4.98 Å². The molecule has 0 fully saturated rings. The zero-order valence-corrected chi connectivity index (χ0v) is 11.2. The van der Waals surface area contributed by atoms with E-state index in [4.69, 9.17) is 4.74 Å². The van der Waals surface area contributed by atoms with Gasteiger partial charge in [0.25, 0.3) is 5.69 Å². The molecule has 0 aliphatic heterocycles. The van der Waals surface area contributed by atoms with E-state index in [0.29, 0.717) is 18.2 Å². The highest BCUT2D eigenvalue weighted by molar-refractivity contribution is 5.46. The monoisotopic (exact) mass is 253 g/mol. The fraction of sp³-hybridized carbons (Fsp3) is 0.583. The third-order valence-corrected chi connectivity index (χ3v) is 2.67. The number of hydrogen-bond acceptors (Lipinski definition) is 5. The lowest BCUT2D eigenvalue weighted by atomic mass is 10.2. The molecule has 0 bridgehead atoms. The predicted molar refractivity (Wildman–Crippen MR) is 69.9 cm³/mol. The van der Waals surface area contributed by atoms with E-state index in [0.717, 1.165) is 12.4 Å². The smallest absolute Gasteiger partial charge is 0.290 e. The fourth-order valence-electron chi connectivity index (χ4n) is 1.84. The van der Waals surface area contributed by atoms with Gasteiger partial charge in [-0.05, 0) is 18.9 Å². The predicted octanol–water partition coefficient (Wildman–Crippen LogP) is 2.02. The number of rotatable bonds is 6. The Morgan fingerprint density at radius 1 is 1.56 bits per heavy atom. The Bertz CT molecular complexity index is 423. The Hall–Kier alpha value is -1.69. The van der Waals surface area contributed by atoms with Crippen LogP contribution in [-0.2, 0) is 4.74 Å². The minimum Gasteiger partial charge on any atom is -0.384 e. The van der Waals surface area contributed by atoms with Crippen LogP contribution in [-0.4, -0.2) is 37.2 Å². The van der Waals surface area contributed by atoms with Gasteiger partial charge < -0.3 is 9.64 Å². The maximum atomic E-state index is 10.7. The number of nitrogens with zero attached hydrogens (tertiary/aromatic N) is 3. The Morgan fingerprint density at radius 2 is 2.22 bits per heavy atom. The molecule has 100 valence electrons. The van der Waals surface area contributed by atoms with Crippen LogP contribution in [0.5, 0.6) is 0 Å². The standard InChI is InChI=1S/C12H19N3O3/c1-9(8-18-4)7-14(3)12-6-5-11(15(16)17)10(2)13-12/h5-6,9H,7-8H2,1-4H3/t9-/m0/s1. The minimum absolute atomic E-state index is 0.0529. The van der Waals surface area contributed by atoms with Crippen LogP contribution in [0.4, 0.5) is 11.5 Å². The van der Waals surface area contributed by atoms with Crippen LogP contribution in [0.25, 0.3) is 0 Å². The lowest BCUT2D eigenvalue weighted by molar-refractivity contribution is -0.385. The van der Waals surface area contributed by atoms with Crippen LogP contribution in [0, 0.1) is 23.0 Å². The second-order valence-electron chi connectivity index (χ2n) is 4.47. The topological polar surface area (TPSA) is 68.5 Å². The first kappa shape index (κ1) is 14.4. The van der Waals surface area contributed by atoms with Gasteiger partial charge in [0, 0.05) is 26.8 Å². The molecule has 18 heavy (non-hydrogen) atoms. The Balaban J connectivity index is 2.78. The molecule has 0 saturated heterocycles. The summed E-state index contributed by atoms with van der Waals surface area (Å²) in [6.07, 6.45) is 0. The molecule has 6 nitrogen and oxygen atoms in total. The molecule has 1 aromatic rings. The highest BCUT2D eigenvalue weighted by Crippen LogP contribution is 2.20. The fourth-order valence-corrected chi connectivity index (χ4v) is 1.84. The van der Waals surface area contributed by atoms with E-state index >= 15 is 0 Å². The average Bonchev–Trinajstić information content (AvgIpc) is 2.28. The maximum Gasteiger partial charge on any atom is 0.290 e. The van der Waals surface area contributed by atoms with E-state index in [9.17, 15) is 10.1 Å². The van der Waals surface area contributed by atoms with E-state index in [2.05, 4.69) is 11.9 Å². The van der Waals surface area contributed by atoms with Crippen molar-refractivity contribution in [3.05, 3.63) is 27.9 Å². The average molecular weight is 253 g/mol. The molecule has 0 unspecified atom stereocenters. The first-order valence-electron chi connectivity index (χ1n) is 5.77. The van der Waals surface area contributed by atoms with Gasteiger partial charge in [-0.15, -0.1) is 0 Å². The molecule has 1 aromatic heterocycles. The molecule has 0 aliphatic carbocycles. The van der Waals surface area contributed by atoms with Gasteiger partial charge >= 0.3 is 0 Å². The second-order valence-corrected chi connectivity index (χ2v) is 4.47. The number of methoxy groups -OCH3 is 1. The van der Waals surface area contributed by atoms with Gasteiger partial charge in [0.05, 0.1) is 11.5 Å². The molecule has 0 aliphatic rings. The normalized spacial score (nSPS) is 12.2. The van der Waals surface area contributed by atoms with Gasteiger partial charge in [0.15, 0.2) is 0 Å². The van der Waals surface area contributed by atoms with E-state index in [1.165, 1.54) is 6.07 Å². The quantitative estimate of drug-likeness (QED) is 0.573. The minimum atomic E-state index is -0.417. The lowest BCUT2D eigenvalue weighted by Gasteiger charge is -2.22. The van der Waals surface area contributed by atoms with Gasteiger partial charge in [-0.2, -0.15) is 0 Å². The Kier molecular flexibility index (Phi) is 5.03. The number of nitro groups is 1. The summed E-state index contributed by atoms with van der Waals surface area (Å²) in [6, 6.07) is 3.17. The second kappa shape index (κ2) is 6.30. The summed E-state index contributed by atoms with van der Waals surface area (Å²) in [5.41, 5.74) is 0.487. The lowest BCUT2D eigenvalue weighted by Crippen LogP contribution is -2.27. The van der Waals surface area contributed by atoms with Gasteiger partial charge in [-0.3, -0.25) is 10.1 Å². The summed E-state index contributed by atoms with van der Waals surface area (Å²) >= 11 is 0. The van der Waals surface area contributed by atoms with Gasteiger partial charge in [-0.25, -0.2) is 4.98 Å². The van der Waals surface area contributed by atoms with Crippen LogP contribution in [0.2, 0.25) is 0 Å². The Morgan fingerprint density at radius 3 is 2.72 bits per heavy atom. The van der Waals surface area contributed by atoms with Crippen molar-refractivity contribution in [1.29, 1.82) is 0 Å². The first-order chi connectivity index (χ1) is 8.45. The van der Waals surface area contributed by atoms with Crippen LogP contribution < -0.4 is 4.90 Å². The highest BCUT2D eigenvalue weighted by Gasteiger charge is 2.14. The molecular weight excluding hydrogens is 234 g/mol. The molecule has 0 amide bonds. The van der Waals surface area contributed by atoms with Crippen LogP contribution in [0.1, 0.15) is 12.6 Å². The van der Waals surface area contributed by atoms with Gasteiger partial charge in [-0.1, -0.05) is 6.92 Å². The van der Waals surface area contributed by atoms with Crippen molar-refractivity contribution < 1.29 is 9.66 Å². The van der Waals surface area contributed by atoms with Crippen molar-refractivity contribution in [3.63, 3.8) is 0 Å². The van der Waals surface area contributed by atoms with Crippen molar-refractivity contribution in [2.45, 2.75) is 13.8 Å². The number of anilines is 1. The van der Waals surface area contributed by atoms with E-state index < -0.39 is 4.92 Å². The zero-order chi connectivity index (χ0) is 13.7. The summed E-state index contributed by atoms with van der Waals surface area (Å²) in [5, 5.41) is 10.7. The molecule has 0 N–H and O–H groups in total. The third-order valence-electron chi connectivity index (χ3n) is 2.67. The summed E-state index contributed by atoms with van der Waals surface area (Å²) in [7, 11) is 3.59. The molecule has 0 spiro atoms. The largest absolute Gasteiger partial charge is 0.384 e. The zero-order valence-electron chi connectivity index (χ0n) is 11.2. The number of aryl methyl sites for hydroxylation is 1. The van der Waals surface area contributed by atoms with E-state index in [1.807, 2.05) is 11.9 Å². The molecule has 1 atom stereocenters. The summed E-state index contributed by atoms with van der Waals surface area (Å²) < 4.78 is 5.08. The van der Waals surface area contributed by atoms with Crippen molar-refractivity contribution in [2.75, 3.05) is 32.2 Å². The first-order valence-corrected chi connectivity index (χ1v) is 5.77. The maximum absolute atomic E-state index is 10.7. The summed E-state index contributed by atoms with van der Waals surface area (Å²) in [6.45, 7) is 5.20. The molecule has 6 heteroatoms. The van der Waals surface area contributed by atoms with Gasteiger partial charge in [0.1, 0.15) is 11.5 Å². The highest BCUT2D eigenvalue weighted by atomic mass is 16.6. The number of ether oxygens (including phenoxy) is 1. The molecule has 1 rings (SSSR count). The van der Waals surface area contributed by atoms with E-state index in [1.54, 1.807) is 20.1 Å². The van der Waals surface area contributed by atoms with Crippen LogP contribution in [0.15, 0.2) is 12.1 Å². The third kappa shape index (κ3) is 3.66. The van der Waals surface area contributed by atoms with Crippen molar-refractivity contribution in [3.8, 4) is 0 Å². The van der Waals surface area contributed by atoms with Crippen LogP contribution in [0.3, 0.4) is 0 Å². The van der Waals surface area contributed by atoms with Crippen molar-refractivity contribution in [2.24, 2.45) is 5.92 Å². The molecule has 0 saturated carbocycles. The van der Waals surface area contributed by atoms with E-state index in [-0.39, 0.29) is 5.69 Å².